The van der Waals surface area contributed by atoms with Crippen molar-refractivity contribution in [3.63, 3.8) is 0 Å². The van der Waals surface area contributed by atoms with Gasteiger partial charge in [-0.25, -0.2) is 0 Å². The Balaban J connectivity index is 1.79. The van der Waals surface area contributed by atoms with Gasteiger partial charge in [0.2, 0.25) is 5.91 Å². The van der Waals surface area contributed by atoms with Gasteiger partial charge in [-0.2, -0.15) is 0 Å². The van der Waals surface area contributed by atoms with Crippen LogP contribution in [-0.4, -0.2) is 23.7 Å². The maximum atomic E-state index is 12.2. The number of hydrogen-bond donors (Lipinski definition) is 2. The van der Waals surface area contributed by atoms with Gasteiger partial charge in [-0.1, -0.05) is 56.0 Å². The summed E-state index contributed by atoms with van der Waals surface area (Å²) in [5.41, 5.74) is 1.14. The third kappa shape index (κ3) is 5.88. The average Bonchev–Trinajstić information content (AvgIpc) is 2.76. The minimum atomic E-state index is -0.175. The van der Waals surface area contributed by atoms with Gasteiger partial charge < -0.3 is 10.4 Å². The van der Waals surface area contributed by atoms with Gasteiger partial charge in [0.1, 0.15) is 0 Å². The van der Waals surface area contributed by atoms with Gasteiger partial charge in [0, 0.05) is 6.42 Å². The maximum Gasteiger partial charge on any atom is 0.220 e. The highest BCUT2D eigenvalue weighted by molar-refractivity contribution is 5.76. The Kier molecular flexibility index (Phi) is 6.74. The van der Waals surface area contributed by atoms with E-state index in [0.29, 0.717) is 18.8 Å². The van der Waals surface area contributed by atoms with Crippen LogP contribution in [0.4, 0.5) is 0 Å². The monoisotopic (exact) mass is 289 g/mol. The SMILES string of the molecule is O=C(CC1CCCCCC1)N[C@H](CO)Cc1ccccc1. The third-order valence-corrected chi connectivity index (χ3v) is 4.36. The zero-order valence-corrected chi connectivity index (χ0v) is 12.8. The molecule has 0 spiro atoms. The fourth-order valence-electron chi connectivity index (χ4n) is 3.18. The van der Waals surface area contributed by atoms with Crippen molar-refractivity contribution in [1.29, 1.82) is 0 Å². The molecule has 3 nitrogen and oxygen atoms in total. The van der Waals surface area contributed by atoms with Crippen molar-refractivity contribution in [2.75, 3.05) is 6.61 Å². The molecule has 1 aliphatic carbocycles. The molecule has 1 atom stereocenters. The molecule has 0 aromatic heterocycles. The lowest BCUT2D eigenvalue weighted by atomic mass is 9.96. The Morgan fingerprint density at radius 3 is 2.43 bits per heavy atom. The molecular formula is C18H27NO2. The average molecular weight is 289 g/mol. The molecule has 0 aliphatic heterocycles. The van der Waals surface area contributed by atoms with E-state index in [-0.39, 0.29) is 18.6 Å². The summed E-state index contributed by atoms with van der Waals surface area (Å²) in [6, 6.07) is 9.82. The molecule has 2 rings (SSSR count). The second-order valence-electron chi connectivity index (χ2n) is 6.20. The van der Waals surface area contributed by atoms with E-state index < -0.39 is 0 Å². The summed E-state index contributed by atoms with van der Waals surface area (Å²) in [5.74, 6) is 0.625. The Morgan fingerprint density at radius 2 is 1.81 bits per heavy atom. The lowest BCUT2D eigenvalue weighted by Gasteiger charge is -2.19. The number of hydrogen-bond acceptors (Lipinski definition) is 2. The minimum Gasteiger partial charge on any atom is -0.394 e. The maximum absolute atomic E-state index is 12.2. The first-order valence-electron chi connectivity index (χ1n) is 8.22. The standard InChI is InChI=1S/C18H27NO2/c20-14-17(12-15-8-6-3-7-9-15)19-18(21)13-16-10-4-1-2-5-11-16/h3,6-9,16-17,20H,1-2,4-5,10-14H2,(H,19,21)/t17-/m0/s1. The van der Waals surface area contributed by atoms with Crippen LogP contribution in [0.5, 0.6) is 0 Å². The summed E-state index contributed by atoms with van der Waals surface area (Å²) < 4.78 is 0. The number of benzene rings is 1. The molecular weight excluding hydrogens is 262 g/mol. The third-order valence-electron chi connectivity index (χ3n) is 4.36. The van der Waals surface area contributed by atoms with Crippen molar-refractivity contribution in [1.82, 2.24) is 5.32 Å². The van der Waals surface area contributed by atoms with Gasteiger partial charge in [-0.15, -0.1) is 0 Å². The Morgan fingerprint density at radius 1 is 1.14 bits per heavy atom. The summed E-state index contributed by atoms with van der Waals surface area (Å²) in [6.07, 6.45) is 8.79. The van der Waals surface area contributed by atoms with Gasteiger partial charge in [-0.05, 0) is 30.7 Å². The molecule has 0 bridgehead atoms. The number of amides is 1. The molecule has 3 heteroatoms. The molecule has 21 heavy (non-hydrogen) atoms. The molecule has 0 saturated heterocycles. The van der Waals surface area contributed by atoms with E-state index in [9.17, 15) is 9.90 Å². The van der Waals surface area contributed by atoms with E-state index in [4.69, 9.17) is 0 Å². The molecule has 1 aromatic rings. The highest BCUT2D eigenvalue weighted by Crippen LogP contribution is 2.25. The van der Waals surface area contributed by atoms with Crippen LogP contribution in [0.1, 0.15) is 50.5 Å². The van der Waals surface area contributed by atoms with Crippen LogP contribution in [0, 0.1) is 5.92 Å². The zero-order chi connectivity index (χ0) is 14.9. The van der Waals surface area contributed by atoms with E-state index in [0.717, 1.165) is 5.56 Å². The quantitative estimate of drug-likeness (QED) is 0.791. The van der Waals surface area contributed by atoms with E-state index >= 15 is 0 Å². The number of rotatable bonds is 6. The summed E-state index contributed by atoms with van der Waals surface area (Å²) in [7, 11) is 0. The Hall–Kier alpha value is -1.35. The van der Waals surface area contributed by atoms with Crippen LogP contribution in [0.2, 0.25) is 0 Å². The lowest BCUT2D eigenvalue weighted by molar-refractivity contribution is -0.123. The lowest BCUT2D eigenvalue weighted by Crippen LogP contribution is -2.39. The van der Waals surface area contributed by atoms with Crippen LogP contribution < -0.4 is 5.32 Å². The number of aliphatic hydroxyl groups excluding tert-OH is 1. The highest BCUT2D eigenvalue weighted by atomic mass is 16.3. The number of aliphatic hydroxyl groups is 1. The van der Waals surface area contributed by atoms with Crippen molar-refractivity contribution >= 4 is 5.91 Å². The fraction of sp³-hybridized carbons (Fsp3) is 0.611. The highest BCUT2D eigenvalue weighted by Gasteiger charge is 2.18. The molecule has 1 amide bonds. The van der Waals surface area contributed by atoms with Crippen molar-refractivity contribution in [2.45, 2.75) is 57.4 Å². The van der Waals surface area contributed by atoms with Crippen molar-refractivity contribution in [2.24, 2.45) is 5.92 Å². The first-order valence-corrected chi connectivity index (χ1v) is 8.22. The Labute approximate surface area is 127 Å². The zero-order valence-electron chi connectivity index (χ0n) is 12.8. The van der Waals surface area contributed by atoms with E-state index in [2.05, 4.69) is 5.32 Å². The first-order chi connectivity index (χ1) is 10.3. The summed E-state index contributed by atoms with van der Waals surface area (Å²) in [5, 5.41) is 12.5. The smallest absolute Gasteiger partial charge is 0.220 e. The van der Waals surface area contributed by atoms with Gasteiger partial charge in [-0.3, -0.25) is 4.79 Å². The summed E-state index contributed by atoms with van der Waals surface area (Å²) in [6.45, 7) is -0.00863. The van der Waals surface area contributed by atoms with Crippen LogP contribution in [-0.2, 0) is 11.2 Å². The Bertz CT molecular complexity index is 410. The van der Waals surface area contributed by atoms with E-state index in [1.807, 2.05) is 30.3 Å². The van der Waals surface area contributed by atoms with Gasteiger partial charge >= 0.3 is 0 Å². The normalized spacial score (nSPS) is 18.0. The van der Waals surface area contributed by atoms with Crippen molar-refractivity contribution in [3.05, 3.63) is 35.9 Å². The molecule has 1 fully saturated rings. The molecule has 0 unspecified atom stereocenters. The van der Waals surface area contributed by atoms with Gasteiger partial charge in [0.15, 0.2) is 0 Å². The number of carbonyl (C=O) groups is 1. The van der Waals surface area contributed by atoms with E-state index in [1.165, 1.54) is 38.5 Å². The van der Waals surface area contributed by atoms with Crippen LogP contribution in [0.3, 0.4) is 0 Å². The second-order valence-corrected chi connectivity index (χ2v) is 6.20. The summed E-state index contributed by atoms with van der Waals surface area (Å²) >= 11 is 0. The predicted octanol–water partition coefficient (Wildman–Crippen LogP) is 3.07. The molecule has 0 heterocycles. The largest absolute Gasteiger partial charge is 0.394 e. The molecule has 1 aromatic carbocycles. The number of nitrogens with one attached hydrogen (secondary N) is 1. The summed E-state index contributed by atoms with van der Waals surface area (Å²) in [4.78, 5) is 12.2. The molecule has 116 valence electrons. The minimum absolute atomic E-state index is 0.00863. The number of carbonyl (C=O) groups excluding carboxylic acids is 1. The molecule has 1 aliphatic rings. The molecule has 0 radical (unpaired) electrons. The van der Waals surface area contributed by atoms with Crippen LogP contribution in [0.25, 0.3) is 0 Å². The van der Waals surface area contributed by atoms with Crippen molar-refractivity contribution < 1.29 is 9.90 Å². The van der Waals surface area contributed by atoms with Gasteiger partial charge in [0.05, 0.1) is 12.6 Å². The molecule has 2 N–H and O–H groups in total. The van der Waals surface area contributed by atoms with Crippen LogP contribution >= 0.6 is 0 Å². The van der Waals surface area contributed by atoms with Crippen LogP contribution in [0.15, 0.2) is 30.3 Å². The first kappa shape index (κ1) is 16.0. The topological polar surface area (TPSA) is 49.3 Å². The van der Waals surface area contributed by atoms with Crippen molar-refractivity contribution in [3.8, 4) is 0 Å². The predicted molar refractivity (Wildman–Crippen MR) is 85.0 cm³/mol. The van der Waals surface area contributed by atoms with Gasteiger partial charge in [0.25, 0.3) is 0 Å². The van der Waals surface area contributed by atoms with E-state index in [1.54, 1.807) is 0 Å². The second kappa shape index (κ2) is 8.83. The molecule has 1 saturated carbocycles. The fourth-order valence-corrected chi connectivity index (χ4v) is 3.18.